The molecule has 1 aliphatic heterocycles. The molecule has 0 bridgehead atoms. The average Bonchev–Trinajstić information content (AvgIpc) is 3.43. The quantitative estimate of drug-likeness (QED) is 0.604. The highest BCUT2D eigenvalue weighted by atomic mass is 32.1. The van der Waals surface area contributed by atoms with Crippen molar-refractivity contribution in [3.8, 4) is 5.75 Å². The van der Waals surface area contributed by atoms with Gasteiger partial charge in [-0.2, -0.15) is 0 Å². The SMILES string of the molecule is COC(=O)C1Cc2ncn(Cc3ccc(OC)cc3)c2CN1C(=O)c1cccs1. The lowest BCUT2D eigenvalue weighted by atomic mass is 10.0. The number of benzene rings is 1. The third-order valence-electron chi connectivity index (χ3n) is 5.09. The van der Waals surface area contributed by atoms with Gasteiger partial charge in [0.25, 0.3) is 5.91 Å². The summed E-state index contributed by atoms with van der Waals surface area (Å²) < 4.78 is 12.2. The smallest absolute Gasteiger partial charge is 0.329 e. The van der Waals surface area contributed by atoms with Crippen molar-refractivity contribution in [1.29, 1.82) is 0 Å². The molecule has 1 amide bonds. The van der Waals surface area contributed by atoms with E-state index in [0.717, 1.165) is 22.7 Å². The van der Waals surface area contributed by atoms with Gasteiger partial charge in [0.1, 0.15) is 11.8 Å². The number of esters is 1. The zero-order valence-electron chi connectivity index (χ0n) is 16.2. The molecule has 0 aliphatic carbocycles. The third kappa shape index (κ3) is 3.75. The number of ether oxygens (including phenoxy) is 2. The van der Waals surface area contributed by atoms with Crippen LogP contribution in [0.1, 0.15) is 26.6 Å². The van der Waals surface area contributed by atoms with Gasteiger partial charge >= 0.3 is 5.97 Å². The Morgan fingerprint density at radius 3 is 2.66 bits per heavy atom. The molecule has 0 fully saturated rings. The molecule has 0 saturated heterocycles. The average molecular weight is 411 g/mol. The Morgan fingerprint density at radius 1 is 1.21 bits per heavy atom. The molecule has 3 heterocycles. The second-order valence-electron chi connectivity index (χ2n) is 6.77. The number of thiophene rings is 1. The predicted molar refractivity (Wildman–Crippen MR) is 108 cm³/mol. The first kappa shape index (κ1) is 19.2. The highest BCUT2D eigenvalue weighted by Gasteiger charge is 2.38. The van der Waals surface area contributed by atoms with Gasteiger partial charge in [0.2, 0.25) is 0 Å². The summed E-state index contributed by atoms with van der Waals surface area (Å²) in [4.78, 5) is 32.1. The fraction of sp³-hybridized carbons (Fsp3) is 0.286. The van der Waals surface area contributed by atoms with Crippen LogP contribution in [0.4, 0.5) is 0 Å². The number of fused-ring (bicyclic) bond motifs is 1. The molecule has 0 spiro atoms. The Hall–Kier alpha value is -3.13. The summed E-state index contributed by atoms with van der Waals surface area (Å²) in [7, 11) is 2.98. The van der Waals surface area contributed by atoms with Gasteiger partial charge in [-0.1, -0.05) is 18.2 Å². The number of carbonyl (C=O) groups excluding carboxylic acids is 2. The largest absolute Gasteiger partial charge is 0.497 e. The summed E-state index contributed by atoms with van der Waals surface area (Å²) in [6.45, 7) is 0.929. The van der Waals surface area contributed by atoms with E-state index >= 15 is 0 Å². The van der Waals surface area contributed by atoms with Crippen LogP contribution in [0.5, 0.6) is 5.75 Å². The monoisotopic (exact) mass is 411 g/mol. The Kier molecular flexibility index (Phi) is 5.35. The zero-order chi connectivity index (χ0) is 20.4. The maximum Gasteiger partial charge on any atom is 0.329 e. The van der Waals surface area contributed by atoms with Gasteiger partial charge in [0.05, 0.1) is 43.4 Å². The van der Waals surface area contributed by atoms with Gasteiger partial charge in [-0.25, -0.2) is 9.78 Å². The first-order valence-electron chi connectivity index (χ1n) is 9.18. The van der Waals surface area contributed by atoms with Crippen LogP contribution >= 0.6 is 11.3 Å². The fourth-order valence-electron chi connectivity index (χ4n) is 3.53. The molecule has 0 N–H and O–H groups in total. The maximum absolute atomic E-state index is 13.0. The lowest BCUT2D eigenvalue weighted by molar-refractivity contribution is -0.146. The van der Waals surface area contributed by atoms with Gasteiger partial charge in [-0.3, -0.25) is 4.79 Å². The van der Waals surface area contributed by atoms with Crippen LogP contribution in [0.3, 0.4) is 0 Å². The maximum atomic E-state index is 13.0. The van der Waals surface area contributed by atoms with Crippen LogP contribution in [-0.2, 0) is 29.0 Å². The van der Waals surface area contributed by atoms with E-state index in [0.29, 0.717) is 24.4 Å². The second kappa shape index (κ2) is 8.08. The molecule has 1 aromatic carbocycles. The number of imidazole rings is 1. The molecule has 7 nitrogen and oxygen atoms in total. The van der Waals surface area contributed by atoms with Crippen molar-refractivity contribution in [2.45, 2.75) is 25.6 Å². The molecule has 2 aromatic heterocycles. The Morgan fingerprint density at radius 2 is 2.00 bits per heavy atom. The first-order chi connectivity index (χ1) is 14.1. The predicted octanol–water partition coefficient (Wildman–Crippen LogP) is 2.74. The van der Waals surface area contributed by atoms with Gasteiger partial charge in [0.15, 0.2) is 0 Å². The number of carbonyl (C=O) groups is 2. The fourth-order valence-corrected chi connectivity index (χ4v) is 4.21. The minimum Gasteiger partial charge on any atom is -0.497 e. The summed E-state index contributed by atoms with van der Waals surface area (Å²) >= 11 is 1.36. The number of rotatable bonds is 5. The van der Waals surface area contributed by atoms with Crippen molar-refractivity contribution in [2.24, 2.45) is 0 Å². The molecular weight excluding hydrogens is 390 g/mol. The van der Waals surface area contributed by atoms with Gasteiger partial charge in [-0.15, -0.1) is 11.3 Å². The highest BCUT2D eigenvalue weighted by molar-refractivity contribution is 7.12. The van der Waals surface area contributed by atoms with E-state index in [2.05, 4.69) is 4.98 Å². The zero-order valence-corrected chi connectivity index (χ0v) is 17.0. The molecule has 0 radical (unpaired) electrons. The van der Waals surface area contributed by atoms with Crippen LogP contribution in [0.15, 0.2) is 48.1 Å². The molecule has 150 valence electrons. The van der Waals surface area contributed by atoms with Crippen molar-refractivity contribution >= 4 is 23.2 Å². The molecule has 3 aromatic rings. The van der Waals surface area contributed by atoms with Crippen LogP contribution in [0, 0.1) is 0 Å². The highest BCUT2D eigenvalue weighted by Crippen LogP contribution is 2.27. The number of hydrogen-bond donors (Lipinski definition) is 0. The molecule has 4 rings (SSSR count). The minimum atomic E-state index is -0.675. The number of nitrogens with zero attached hydrogens (tertiary/aromatic N) is 3. The van der Waals surface area contributed by atoms with Crippen LogP contribution in [0.2, 0.25) is 0 Å². The lowest BCUT2D eigenvalue weighted by Gasteiger charge is -2.33. The number of methoxy groups -OCH3 is 2. The molecule has 1 aliphatic rings. The molecule has 0 saturated carbocycles. The summed E-state index contributed by atoms with van der Waals surface area (Å²) in [5.41, 5.74) is 2.85. The van der Waals surface area contributed by atoms with Crippen LogP contribution in [0.25, 0.3) is 0 Å². The number of aromatic nitrogens is 2. The standard InChI is InChI=1S/C21H21N3O4S/c1-27-15-7-5-14(6-8-15)11-23-13-22-16-10-17(21(26)28-2)24(12-18(16)23)20(25)19-4-3-9-29-19/h3-9,13,17H,10-12H2,1-2H3. The second-order valence-corrected chi connectivity index (χ2v) is 7.72. The van der Waals surface area contributed by atoms with Gasteiger partial charge < -0.3 is 18.9 Å². The molecule has 1 atom stereocenters. The van der Waals surface area contributed by atoms with E-state index in [1.807, 2.05) is 40.3 Å². The van der Waals surface area contributed by atoms with E-state index in [-0.39, 0.29) is 5.91 Å². The summed E-state index contributed by atoms with van der Waals surface area (Å²) in [6.07, 6.45) is 2.11. The Labute approximate surface area is 172 Å². The molecule has 1 unspecified atom stereocenters. The minimum absolute atomic E-state index is 0.168. The first-order valence-corrected chi connectivity index (χ1v) is 10.1. The van der Waals surface area contributed by atoms with E-state index in [9.17, 15) is 9.59 Å². The summed E-state index contributed by atoms with van der Waals surface area (Å²) in [5, 5.41) is 1.85. The summed E-state index contributed by atoms with van der Waals surface area (Å²) in [6, 6.07) is 10.8. The molecule has 29 heavy (non-hydrogen) atoms. The van der Waals surface area contributed by atoms with Gasteiger partial charge in [0, 0.05) is 13.0 Å². The normalized spacial score (nSPS) is 15.7. The lowest BCUT2D eigenvalue weighted by Crippen LogP contribution is -2.49. The number of amides is 1. The van der Waals surface area contributed by atoms with E-state index in [4.69, 9.17) is 9.47 Å². The van der Waals surface area contributed by atoms with Crippen molar-refractivity contribution in [3.63, 3.8) is 0 Å². The topological polar surface area (TPSA) is 73.7 Å². The summed E-state index contributed by atoms with van der Waals surface area (Å²) in [5.74, 6) is 0.207. The van der Waals surface area contributed by atoms with Crippen molar-refractivity contribution in [2.75, 3.05) is 14.2 Å². The van der Waals surface area contributed by atoms with E-state index < -0.39 is 12.0 Å². The number of hydrogen-bond acceptors (Lipinski definition) is 6. The van der Waals surface area contributed by atoms with Crippen LogP contribution in [-0.4, -0.2) is 46.6 Å². The van der Waals surface area contributed by atoms with Crippen molar-refractivity contribution in [1.82, 2.24) is 14.5 Å². The van der Waals surface area contributed by atoms with Crippen LogP contribution < -0.4 is 4.74 Å². The van der Waals surface area contributed by atoms with E-state index in [1.54, 1.807) is 24.4 Å². The molecule has 8 heteroatoms. The third-order valence-corrected chi connectivity index (χ3v) is 5.95. The Bertz CT molecular complexity index is 1010. The van der Waals surface area contributed by atoms with Crippen molar-refractivity contribution < 1.29 is 19.1 Å². The Balaban J connectivity index is 1.63. The van der Waals surface area contributed by atoms with Crippen molar-refractivity contribution in [3.05, 3.63) is 69.9 Å². The van der Waals surface area contributed by atoms with Gasteiger partial charge in [-0.05, 0) is 29.1 Å². The van der Waals surface area contributed by atoms with E-state index in [1.165, 1.54) is 18.4 Å². The molecular formula is C21H21N3O4S.